The summed E-state index contributed by atoms with van der Waals surface area (Å²) < 4.78 is 29.4. The van der Waals surface area contributed by atoms with Gasteiger partial charge in [0.25, 0.3) is 6.43 Å². The van der Waals surface area contributed by atoms with Crippen molar-refractivity contribution in [1.82, 2.24) is 15.1 Å². The van der Waals surface area contributed by atoms with Gasteiger partial charge in [0.1, 0.15) is 5.60 Å². The summed E-state index contributed by atoms with van der Waals surface area (Å²) >= 11 is 0. The number of halogens is 2. The maximum Gasteiger partial charge on any atom is 0.410 e. The molecule has 0 atom stereocenters. The topological polar surface area (TPSA) is 61.9 Å². The van der Waals surface area contributed by atoms with Crippen LogP contribution in [0.3, 0.4) is 0 Å². The highest BCUT2D eigenvalue weighted by Crippen LogP contribution is 2.15. The van der Waals surface area contributed by atoms with Gasteiger partial charge in [0.05, 0.1) is 12.6 Å². The lowest BCUT2D eigenvalue weighted by molar-refractivity contribution is 0.00576. The van der Waals surface area contributed by atoms with Crippen LogP contribution in [-0.2, 0) is 4.74 Å². The normalized spacial score (nSPS) is 15.8. The van der Waals surface area contributed by atoms with Crippen molar-refractivity contribution >= 4 is 12.1 Å². The van der Waals surface area contributed by atoms with E-state index in [0.717, 1.165) is 4.90 Å². The smallest absolute Gasteiger partial charge is 0.410 e. The fourth-order valence-electron chi connectivity index (χ4n) is 1.62. The Bertz CT molecular complexity index is 365. The number of rotatable bonds is 3. The molecule has 1 aliphatic rings. The standard InChI is InChI=1S/C12H21F2N3O3/c1-12(2,3)20-11(19)17-5-8(6-17)15-10(18)16(4)7-9(13)14/h8-9H,5-7H2,1-4H3,(H,15,18). The van der Waals surface area contributed by atoms with Gasteiger partial charge in [-0.25, -0.2) is 18.4 Å². The fourth-order valence-corrected chi connectivity index (χ4v) is 1.62. The summed E-state index contributed by atoms with van der Waals surface area (Å²) in [5.41, 5.74) is -0.567. The monoisotopic (exact) mass is 293 g/mol. The van der Waals surface area contributed by atoms with E-state index in [-0.39, 0.29) is 6.04 Å². The van der Waals surface area contributed by atoms with Crippen molar-refractivity contribution in [3.8, 4) is 0 Å². The molecule has 0 aromatic rings. The van der Waals surface area contributed by atoms with Gasteiger partial charge in [-0.05, 0) is 20.8 Å². The van der Waals surface area contributed by atoms with Crippen molar-refractivity contribution in [3.05, 3.63) is 0 Å². The molecule has 116 valence electrons. The zero-order chi connectivity index (χ0) is 15.5. The van der Waals surface area contributed by atoms with E-state index in [4.69, 9.17) is 4.74 Å². The van der Waals surface area contributed by atoms with Crippen LogP contribution in [0.4, 0.5) is 18.4 Å². The number of alkyl halides is 2. The molecule has 1 N–H and O–H groups in total. The highest BCUT2D eigenvalue weighted by atomic mass is 19.3. The van der Waals surface area contributed by atoms with Crippen LogP contribution >= 0.6 is 0 Å². The van der Waals surface area contributed by atoms with Gasteiger partial charge in [0.15, 0.2) is 0 Å². The molecular weight excluding hydrogens is 272 g/mol. The summed E-state index contributed by atoms with van der Waals surface area (Å²) in [5.74, 6) is 0. The van der Waals surface area contributed by atoms with Crippen LogP contribution in [0, 0.1) is 0 Å². The summed E-state index contributed by atoms with van der Waals surface area (Å²) in [6.07, 6.45) is -3.01. The van der Waals surface area contributed by atoms with Gasteiger partial charge in [0, 0.05) is 20.1 Å². The van der Waals surface area contributed by atoms with Crippen LogP contribution in [0.5, 0.6) is 0 Å². The highest BCUT2D eigenvalue weighted by molar-refractivity contribution is 5.75. The minimum absolute atomic E-state index is 0.227. The SMILES string of the molecule is CN(CC(F)F)C(=O)NC1CN(C(=O)OC(C)(C)C)C1. The number of carbonyl (C=O) groups excluding carboxylic acids is 2. The molecule has 0 aliphatic carbocycles. The van der Waals surface area contributed by atoms with E-state index in [1.54, 1.807) is 20.8 Å². The molecule has 1 saturated heterocycles. The summed E-state index contributed by atoms with van der Waals surface area (Å²) in [4.78, 5) is 25.5. The van der Waals surface area contributed by atoms with Crippen molar-refractivity contribution in [3.63, 3.8) is 0 Å². The molecule has 6 nitrogen and oxygen atoms in total. The molecule has 0 saturated carbocycles. The number of nitrogens with one attached hydrogen (secondary N) is 1. The van der Waals surface area contributed by atoms with Crippen molar-refractivity contribution in [2.75, 3.05) is 26.7 Å². The Morgan fingerprint density at radius 1 is 1.40 bits per heavy atom. The number of likely N-dealkylation sites (tertiary alicyclic amines) is 1. The van der Waals surface area contributed by atoms with E-state index in [1.165, 1.54) is 11.9 Å². The molecule has 0 aromatic heterocycles. The minimum atomic E-state index is -2.56. The second-order valence-corrected chi connectivity index (χ2v) is 5.80. The van der Waals surface area contributed by atoms with Gasteiger partial charge in [-0.1, -0.05) is 0 Å². The van der Waals surface area contributed by atoms with E-state index in [0.29, 0.717) is 13.1 Å². The molecule has 1 heterocycles. The first kappa shape index (κ1) is 16.5. The van der Waals surface area contributed by atoms with Crippen LogP contribution in [0.15, 0.2) is 0 Å². The predicted molar refractivity (Wildman–Crippen MR) is 68.8 cm³/mol. The fraction of sp³-hybridized carbons (Fsp3) is 0.833. The van der Waals surface area contributed by atoms with E-state index < -0.39 is 30.7 Å². The quantitative estimate of drug-likeness (QED) is 0.858. The second-order valence-electron chi connectivity index (χ2n) is 5.80. The van der Waals surface area contributed by atoms with Crippen LogP contribution in [0.2, 0.25) is 0 Å². The van der Waals surface area contributed by atoms with Crippen molar-refractivity contribution in [2.45, 2.75) is 38.8 Å². The minimum Gasteiger partial charge on any atom is -0.444 e. The van der Waals surface area contributed by atoms with Crippen molar-refractivity contribution < 1.29 is 23.1 Å². The lowest BCUT2D eigenvalue weighted by Crippen LogP contribution is -2.63. The van der Waals surface area contributed by atoms with Crippen LogP contribution in [0.25, 0.3) is 0 Å². The van der Waals surface area contributed by atoms with Crippen molar-refractivity contribution in [2.24, 2.45) is 0 Å². The highest BCUT2D eigenvalue weighted by Gasteiger charge is 2.35. The molecule has 0 radical (unpaired) electrons. The third-order valence-corrected chi connectivity index (χ3v) is 2.62. The third-order valence-electron chi connectivity index (χ3n) is 2.62. The second kappa shape index (κ2) is 6.23. The molecule has 0 spiro atoms. The summed E-state index contributed by atoms with van der Waals surface area (Å²) in [6.45, 7) is 5.33. The lowest BCUT2D eigenvalue weighted by Gasteiger charge is -2.40. The average molecular weight is 293 g/mol. The van der Waals surface area contributed by atoms with Crippen LogP contribution in [-0.4, -0.2) is 66.7 Å². The average Bonchev–Trinajstić information content (AvgIpc) is 2.18. The Hall–Kier alpha value is -1.60. The zero-order valence-corrected chi connectivity index (χ0v) is 12.2. The van der Waals surface area contributed by atoms with E-state index in [9.17, 15) is 18.4 Å². The van der Waals surface area contributed by atoms with Crippen LogP contribution < -0.4 is 5.32 Å². The van der Waals surface area contributed by atoms with Gasteiger partial charge in [-0.2, -0.15) is 0 Å². The number of amides is 3. The van der Waals surface area contributed by atoms with E-state index in [1.807, 2.05) is 0 Å². The van der Waals surface area contributed by atoms with Gasteiger partial charge in [-0.15, -0.1) is 0 Å². The van der Waals surface area contributed by atoms with Crippen molar-refractivity contribution in [1.29, 1.82) is 0 Å². The van der Waals surface area contributed by atoms with Gasteiger partial charge in [0.2, 0.25) is 0 Å². The molecule has 1 aliphatic heterocycles. The molecule has 8 heteroatoms. The molecular formula is C12H21F2N3O3. The molecule has 1 rings (SSSR count). The first-order valence-electron chi connectivity index (χ1n) is 6.36. The number of urea groups is 1. The Kier molecular flexibility index (Phi) is 5.13. The Labute approximate surface area is 117 Å². The molecule has 1 fully saturated rings. The Morgan fingerprint density at radius 3 is 2.40 bits per heavy atom. The number of hydrogen-bond donors (Lipinski definition) is 1. The zero-order valence-electron chi connectivity index (χ0n) is 12.2. The van der Waals surface area contributed by atoms with Gasteiger partial charge in [-0.3, -0.25) is 0 Å². The maximum atomic E-state index is 12.1. The molecule has 3 amide bonds. The molecule has 20 heavy (non-hydrogen) atoms. The van der Waals surface area contributed by atoms with Gasteiger partial charge >= 0.3 is 12.1 Å². The summed E-state index contributed by atoms with van der Waals surface area (Å²) in [7, 11) is 1.30. The van der Waals surface area contributed by atoms with Crippen LogP contribution in [0.1, 0.15) is 20.8 Å². The summed E-state index contributed by atoms with van der Waals surface area (Å²) in [6, 6.07) is -0.797. The van der Waals surface area contributed by atoms with E-state index in [2.05, 4.69) is 5.32 Å². The predicted octanol–water partition coefficient (Wildman–Crippen LogP) is 1.51. The largest absolute Gasteiger partial charge is 0.444 e. The molecule has 0 unspecified atom stereocenters. The maximum absolute atomic E-state index is 12.1. The first-order chi connectivity index (χ1) is 9.08. The van der Waals surface area contributed by atoms with Gasteiger partial charge < -0.3 is 19.9 Å². The lowest BCUT2D eigenvalue weighted by atomic mass is 10.1. The number of hydrogen-bond acceptors (Lipinski definition) is 3. The number of nitrogens with zero attached hydrogens (tertiary/aromatic N) is 2. The number of ether oxygens (including phenoxy) is 1. The Balaban J connectivity index is 2.28. The van der Waals surface area contributed by atoms with E-state index >= 15 is 0 Å². The Morgan fingerprint density at radius 2 is 1.95 bits per heavy atom. The summed E-state index contributed by atoms with van der Waals surface area (Å²) in [5, 5.41) is 2.57. The first-order valence-corrected chi connectivity index (χ1v) is 6.36. The molecule has 0 aromatic carbocycles. The number of carbonyl (C=O) groups is 2. The third kappa shape index (κ3) is 5.18. The molecule has 0 bridgehead atoms.